The second-order valence-corrected chi connectivity index (χ2v) is 9.19. The smallest absolute Gasteiger partial charge is 0.396 e. The lowest BCUT2D eigenvalue weighted by molar-refractivity contribution is -0.138. The summed E-state index contributed by atoms with van der Waals surface area (Å²) in [6.07, 6.45) is 2.99. The molecule has 2 aromatic heterocycles. The molecule has 1 saturated carbocycles. The van der Waals surface area contributed by atoms with Gasteiger partial charge in [0.05, 0.1) is 23.2 Å². The van der Waals surface area contributed by atoms with E-state index in [0.717, 1.165) is 37.1 Å². The zero-order chi connectivity index (χ0) is 23.2. The van der Waals surface area contributed by atoms with Gasteiger partial charge in [-0.25, -0.2) is 9.67 Å². The van der Waals surface area contributed by atoms with E-state index in [0.29, 0.717) is 47.9 Å². The van der Waals surface area contributed by atoms with Gasteiger partial charge in [-0.15, -0.1) is 0 Å². The van der Waals surface area contributed by atoms with Crippen LogP contribution in [0.15, 0.2) is 24.5 Å². The van der Waals surface area contributed by atoms with Gasteiger partial charge in [-0.1, -0.05) is 0 Å². The highest BCUT2D eigenvalue weighted by Crippen LogP contribution is 2.38. The molecule has 1 aliphatic heterocycles. The van der Waals surface area contributed by atoms with Crippen molar-refractivity contribution in [3.63, 3.8) is 0 Å². The number of aromatic nitrogens is 4. The molecule has 5 rings (SSSR count). The summed E-state index contributed by atoms with van der Waals surface area (Å²) < 4.78 is 43.2. The topological polar surface area (TPSA) is 79.1 Å². The van der Waals surface area contributed by atoms with Crippen LogP contribution in [0.1, 0.15) is 48.4 Å². The molecule has 3 aromatic rings. The van der Waals surface area contributed by atoms with Gasteiger partial charge in [0, 0.05) is 31.6 Å². The van der Waals surface area contributed by atoms with E-state index in [-0.39, 0.29) is 18.6 Å². The maximum Gasteiger partial charge on any atom is 0.416 e. The van der Waals surface area contributed by atoms with Gasteiger partial charge in [-0.05, 0) is 68.3 Å². The van der Waals surface area contributed by atoms with Crippen LogP contribution in [0.2, 0.25) is 0 Å². The van der Waals surface area contributed by atoms with Crippen LogP contribution in [0.25, 0.3) is 11.0 Å². The number of halogens is 3. The lowest BCUT2D eigenvalue weighted by atomic mass is 9.87. The van der Waals surface area contributed by atoms with E-state index >= 15 is 0 Å². The molecule has 33 heavy (non-hydrogen) atoms. The van der Waals surface area contributed by atoms with Gasteiger partial charge in [0.2, 0.25) is 5.95 Å². The molecule has 0 amide bonds. The second-order valence-electron chi connectivity index (χ2n) is 9.19. The SMILES string of the molecule is CN1CCc2c(cc(Nc3ncc4cnn([C@H]5CC[C@H](CO)CC5)c4n3)cc2C(F)(F)F)C1. The number of benzene rings is 1. The lowest BCUT2D eigenvalue weighted by Crippen LogP contribution is -2.28. The van der Waals surface area contributed by atoms with Crippen LogP contribution in [0, 0.1) is 5.92 Å². The molecule has 1 aliphatic carbocycles. The van der Waals surface area contributed by atoms with Gasteiger partial charge in [0.15, 0.2) is 5.65 Å². The van der Waals surface area contributed by atoms with Crippen molar-refractivity contribution >= 4 is 22.7 Å². The van der Waals surface area contributed by atoms with Crippen LogP contribution in [0.3, 0.4) is 0 Å². The van der Waals surface area contributed by atoms with Crippen molar-refractivity contribution in [3.8, 4) is 0 Å². The predicted molar refractivity (Wildman–Crippen MR) is 118 cm³/mol. The Bertz CT molecular complexity index is 1150. The van der Waals surface area contributed by atoms with Gasteiger partial charge < -0.3 is 15.3 Å². The molecule has 2 aliphatic rings. The van der Waals surface area contributed by atoms with E-state index in [1.165, 1.54) is 0 Å². The summed E-state index contributed by atoms with van der Waals surface area (Å²) in [5.41, 5.74) is 1.44. The normalized spacial score (nSPS) is 21.8. The van der Waals surface area contributed by atoms with Gasteiger partial charge in [-0.3, -0.25) is 0 Å². The second kappa shape index (κ2) is 8.57. The molecule has 0 spiro atoms. The zero-order valence-electron chi connectivity index (χ0n) is 18.4. The van der Waals surface area contributed by atoms with E-state index in [2.05, 4.69) is 20.4 Å². The first kappa shape index (κ1) is 22.1. The summed E-state index contributed by atoms with van der Waals surface area (Å²) in [5.74, 6) is 0.575. The molecule has 2 N–H and O–H groups in total. The van der Waals surface area contributed by atoms with Crippen LogP contribution in [-0.2, 0) is 19.1 Å². The molecular formula is C23H27F3N6O. The Balaban J connectivity index is 1.45. The number of nitrogens with zero attached hydrogens (tertiary/aromatic N) is 5. The highest BCUT2D eigenvalue weighted by molar-refractivity contribution is 5.75. The molecule has 0 saturated heterocycles. The highest BCUT2D eigenvalue weighted by atomic mass is 19.4. The third kappa shape index (κ3) is 4.41. The predicted octanol–water partition coefficient (Wildman–Crippen LogP) is 4.30. The van der Waals surface area contributed by atoms with Crippen LogP contribution in [0.5, 0.6) is 0 Å². The van der Waals surface area contributed by atoms with E-state index in [1.54, 1.807) is 18.5 Å². The minimum absolute atomic E-state index is 0.184. The fourth-order valence-corrected chi connectivity index (χ4v) is 5.03. The molecule has 1 fully saturated rings. The van der Waals surface area contributed by atoms with E-state index < -0.39 is 11.7 Å². The Morgan fingerprint density at radius 2 is 1.94 bits per heavy atom. The molecule has 7 nitrogen and oxygen atoms in total. The summed E-state index contributed by atoms with van der Waals surface area (Å²) in [6.45, 7) is 1.28. The molecule has 10 heteroatoms. The first-order valence-electron chi connectivity index (χ1n) is 11.3. The van der Waals surface area contributed by atoms with Crippen molar-refractivity contribution < 1.29 is 18.3 Å². The Kier molecular flexibility index (Phi) is 5.74. The van der Waals surface area contributed by atoms with Crippen molar-refractivity contribution in [1.82, 2.24) is 24.6 Å². The average molecular weight is 461 g/mol. The molecule has 1 aromatic carbocycles. The van der Waals surface area contributed by atoms with E-state index in [1.807, 2.05) is 16.6 Å². The number of hydrogen-bond acceptors (Lipinski definition) is 6. The number of fused-ring (bicyclic) bond motifs is 2. The lowest BCUT2D eigenvalue weighted by Gasteiger charge is -2.28. The Hall–Kier alpha value is -2.72. The van der Waals surface area contributed by atoms with Crippen molar-refractivity contribution in [2.24, 2.45) is 5.92 Å². The fraction of sp³-hybridized carbons (Fsp3) is 0.522. The zero-order valence-corrected chi connectivity index (χ0v) is 18.4. The van der Waals surface area contributed by atoms with Crippen molar-refractivity contribution in [2.75, 3.05) is 25.5 Å². The first-order chi connectivity index (χ1) is 15.8. The van der Waals surface area contributed by atoms with Crippen molar-refractivity contribution in [2.45, 2.75) is 50.9 Å². The minimum atomic E-state index is -4.42. The highest BCUT2D eigenvalue weighted by Gasteiger charge is 2.36. The van der Waals surface area contributed by atoms with E-state index in [9.17, 15) is 18.3 Å². The summed E-state index contributed by atoms with van der Waals surface area (Å²) >= 11 is 0. The first-order valence-corrected chi connectivity index (χ1v) is 11.3. The quantitative estimate of drug-likeness (QED) is 0.605. The molecule has 0 radical (unpaired) electrons. The van der Waals surface area contributed by atoms with Crippen molar-refractivity contribution in [3.05, 3.63) is 41.2 Å². The number of aliphatic hydroxyl groups is 1. The van der Waals surface area contributed by atoms with Gasteiger partial charge in [-0.2, -0.15) is 23.3 Å². The summed E-state index contributed by atoms with van der Waals surface area (Å²) in [6, 6.07) is 3.11. The minimum Gasteiger partial charge on any atom is -0.396 e. The number of anilines is 2. The van der Waals surface area contributed by atoms with Crippen LogP contribution in [-0.4, -0.2) is 50.0 Å². The number of alkyl halides is 3. The monoisotopic (exact) mass is 460 g/mol. The Morgan fingerprint density at radius 3 is 2.67 bits per heavy atom. The van der Waals surface area contributed by atoms with Crippen molar-refractivity contribution in [1.29, 1.82) is 0 Å². The van der Waals surface area contributed by atoms with E-state index in [4.69, 9.17) is 0 Å². The van der Waals surface area contributed by atoms with Gasteiger partial charge in [0.1, 0.15) is 0 Å². The van der Waals surface area contributed by atoms with Crippen LogP contribution < -0.4 is 5.32 Å². The summed E-state index contributed by atoms with van der Waals surface area (Å²) in [5, 5.41) is 17.7. The third-order valence-electron chi connectivity index (χ3n) is 6.84. The molecule has 0 unspecified atom stereocenters. The molecule has 0 atom stereocenters. The van der Waals surface area contributed by atoms with Crippen LogP contribution in [0.4, 0.5) is 24.8 Å². The largest absolute Gasteiger partial charge is 0.416 e. The average Bonchev–Trinajstić information content (AvgIpc) is 3.21. The standard InChI is InChI=1S/C23H27F3N6O/c1-31-7-6-19-15(12-31)8-17(9-20(19)23(24,25)26)29-22-27-10-16-11-28-32(21(16)30-22)18-4-2-14(13-33)3-5-18/h8-11,14,18,33H,2-7,12-13H2,1H3,(H,27,29,30)/t14-,18-. The number of nitrogens with one attached hydrogen (secondary N) is 1. The molecule has 176 valence electrons. The maximum absolute atomic E-state index is 13.8. The summed E-state index contributed by atoms with van der Waals surface area (Å²) in [7, 11) is 1.91. The number of aliphatic hydroxyl groups excluding tert-OH is 1. The van der Waals surface area contributed by atoms with Gasteiger partial charge >= 0.3 is 6.18 Å². The maximum atomic E-state index is 13.8. The third-order valence-corrected chi connectivity index (χ3v) is 6.84. The Labute approximate surface area is 189 Å². The van der Waals surface area contributed by atoms with Crippen LogP contribution >= 0.6 is 0 Å². The fourth-order valence-electron chi connectivity index (χ4n) is 5.03. The van der Waals surface area contributed by atoms with Gasteiger partial charge in [0.25, 0.3) is 0 Å². The molecule has 3 heterocycles. The number of rotatable bonds is 4. The number of hydrogen-bond donors (Lipinski definition) is 2. The number of likely N-dealkylation sites (N-methyl/N-ethyl adjacent to an activating group) is 1. The summed E-state index contributed by atoms with van der Waals surface area (Å²) in [4.78, 5) is 10.9. The molecular weight excluding hydrogens is 433 g/mol. The molecule has 0 bridgehead atoms. The Morgan fingerprint density at radius 1 is 1.15 bits per heavy atom.